The van der Waals surface area contributed by atoms with Crippen LogP contribution >= 0.6 is 0 Å². The van der Waals surface area contributed by atoms with E-state index >= 15 is 0 Å². The summed E-state index contributed by atoms with van der Waals surface area (Å²) in [5.41, 5.74) is 0.0162. The molecule has 0 unspecified atom stereocenters. The molecule has 1 aliphatic rings. The van der Waals surface area contributed by atoms with Gasteiger partial charge in [-0.1, -0.05) is 13.8 Å². The molecular formula is C13H19N3O3. The lowest BCUT2D eigenvalue weighted by atomic mass is 9.93. The highest BCUT2D eigenvalue weighted by Gasteiger charge is 2.30. The van der Waals surface area contributed by atoms with Gasteiger partial charge >= 0.3 is 5.69 Å². The van der Waals surface area contributed by atoms with Crippen LogP contribution in [0.15, 0.2) is 18.3 Å². The third-order valence-electron chi connectivity index (χ3n) is 3.44. The summed E-state index contributed by atoms with van der Waals surface area (Å²) in [6, 6.07) is 3.03. The first kappa shape index (κ1) is 13.7. The minimum absolute atomic E-state index is 0.0162. The van der Waals surface area contributed by atoms with E-state index in [0.29, 0.717) is 24.2 Å². The average molecular weight is 265 g/mol. The van der Waals surface area contributed by atoms with Crippen molar-refractivity contribution < 1.29 is 9.66 Å². The highest BCUT2D eigenvalue weighted by atomic mass is 16.6. The standard InChI is InChI=1S/C13H19N3O3/c1-9(2)12-10(5-7-19-12)8-15-13-11(16(17)18)4-3-6-14-13/h3-4,6,9-10,12H,5,7-8H2,1-2H3,(H,14,15)/t10-,12+/m1/s1. The van der Waals surface area contributed by atoms with Crippen LogP contribution in [0, 0.1) is 22.0 Å². The number of ether oxygens (including phenoxy) is 1. The zero-order valence-electron chi connectivity index (χ0n) is 11.2. The summed E-state index contributed by atoms with van der Waals surface area (Å²) >= 11 is 0. The number of pyridine rings is 1. The maximum Gasteiger partial charge on any atom is 0.311 e. The minimum Gasteiger partial charge on any atom is -0.378 e. The smallest absolute Gasteiger partial charge is 0.311 e. The Kier molecular flexibility index (Phi) is 4.31. The topological polar surface area (TPSA) is 77.3 Å². The molecule has 6 heteroatoms. The molecule has 2 rings (SSSR count). The molecule has 0 radical (unpaired) electrons. The van der Waals surface area contributed by atoms with Gasteiger partial charge in [0.1, 0.15) is 0 Å². The molecule has 1 aromatic heterocycles. The van der Waals surface area contributed by atoms with Gasteiger partial charge in [0.05, 0.1) is 11.0 Å². The Morgan fingerprint density at radius 1 is 1.63 bits per heavy atom. The first-order chi connectivity index (χ1) is 9.09. The number of hydrogen-bond acceptors (Lipinski definition) is 5. The number of nitrogens with one attached hydrogen (secondary N) is 1. The first-order valence-corrected chi connectivity index (χ1v) is 6.54. The van der Waals surface area contributed by atoms with Crippen LogP contribution in [0.3, 0.4) is 0 Å². The number of nitro groups is 1. The molecule has 2 heterocycles. The zero-order valence-corrected chi connectivity index (χ0v) is 11.2. The van der Waals surface area contributed by atoms with Gasteiger partial charge in [-0.15, -0.1) is 0 Å². The van der Waals surface area contributed by atoms with Crippen LogP contribution in [0.4, 0.5) is 11.5 Å². The van der Waals surface area contributed by atoms with Crippen LogP contribution in [0.2, 0.25) is 0 Å². The van der Waals surface area contributed by atoms with Gasteiger partial charge in [-0.2, -0.15) is 0 Å². The fraction of sp³-hybridized carbons (Fsp3) is 0.615. The van der Waals surface area contributed by atoms with Gasteiger partial charge in [0.25, 0.3) is 0 Å². The van der Waals surface area contributed by atoms with E-state index in [4.69, 9.17) is 4.74 Å². The molecule has 1 fully saturated rings. The van der Waals surface area contributed by atoms with Gasteiger partial charge in [-0.05, 0) is 18.4 Å². The maximum atomic E-state index is 10.9. The van der Waals surface area contributed by atoms with Crippen molar-refractivity contribution in [2.24, 2.45) is 11.8 Å². The van der Waals surface area contributed by atoms with E-state index in [-0.39, 0.29) is 11.8 Å². The SMILES string of the molecule is CC(C)[C@@H]1OCC[C@@H]1CNc1ncccc1[N+](=O)[O-]. The number of rotatable bonds is 5. The lowest BCUT2D eigenvalue weighted by Gasteiger charge is -2.22. The van der Waals surface area contributed by atoms with Crippen molar-refractivity contribution in [2.75, 3.05) is 18.5 Å². The van der Waals surface area contributed by atoms with Crippen LogP contribution in [0.5, 0.6) is 0 Å². The van der Waals surface area contributed by atoms with Gasteiger partial charge in [0, 0.05) is 31.3 Å². The zero-order chi connectivity index (χ0) is 13.8. The predicted octanol–water partition coefficient (Wildman–Crippen LogP) is 2.46. The third kappa shape index (κ3) is 3.20. The molecule has 0 saturated carbocycles. The van der Waals surface area contributed by atoms with Gasteiger partial charge in [-0.25, -0.2) is 4.98 Å². The fourth-order valence-corrected chi connectivity index (χ4v) is 2.52. The molecule has 1 saturated heterocycles. The van der Waals surface area contributed by atoms with E-state index in [1.54, 1.807) is 12.3 Å². The lowest BCUT2D eigenvalue weighted by Crippen LogP contribution is -2.28. The Bertz CT molecular complexity index is 451. The number of anilines is 1. The molecular weight excluding hydrogens is 246 g/mol. The number of nitrogens with zero attached hydrogens (tertiary/aromatic N) is 2. The largest absolute Gasteiger partial charge is 0.378 e. The van der Waals surface area contributed by atoms with Crippen LogP contribution < -0.4 is 5.32 Å². The second kappa shape index (κ2) is 5.97. The second-order valence-electron chi connectivity index (χ2n) is 5.14. The van der Waals surface area contributed by atoms with Crippen molar-refractivity contribution in [3.63, 3.8) is 0 Å². The van der Waals surface area contributed by atoms with E-state index in [9.17, 15) is 10.1 Å². The average Bonchev–Trinajstić information content (AvgIpc) is 2.85. The highest BCUT2D eigenvalue weighted by Crippen LogP contribution is 2.28. The molecule has 1 aromatic rings. The molecule has 0 aromatic carbocycles. The van der Waals surface area contributed by atoms with E-state index in [1.807, 2.05) is 0 Å². The van der Waals surface area contributed by atoms with Crippen molar-refractivity contribution in [1.29, 1.82) is 0 Å². The molecule has 0 amide bonds. The van der Waals surface area contributed by atoms with E-state index in [0.717, 1.165) is 13.0 Å². The molecule has 0 spiro atoms. The summed E-state index contributed by atoms with van der Waals surface area (Å²) in [7, 11) is 0. The Labute approximate surface area is 112 Å². The maximum absolute atomic E-state index is 10.9. The van der Waals surface area contributed by atoms with E-state index in [2.05, 4.69) is 24.1 Å². The Morgan fingerprint density at radius 3 is 3.11 bits per heavy atom. The summed E-state index contributed by atoms with van der Waals surface area (Å²) in [5, 5.41) is 14.0. The Morgan fingerprint density at radius 2 is 2.42 bits per heavy atom. The number of aromatic nitrogens is 1. The van der Waals surface area contributed by atoms with Gasteiger partial charge < -0.3 is 10.1 Å². The quantitative estimate of drug-likeness (QED) is 0.653. The predicted molar refractivity (Wildman–Crippen MR) is 72.1 cm³/mol. The number of hydrogen-bond donors (Lipinski definition) is 1. The van der Waals surface area contributed by atoms with Crippen molar-refractivity contribution in [3.8, 4) is 0 Å². The Hall–Kier alpha value is -1.69. The molecule has 0 aliphatic carbocycles. The first-order valence-electron chi connectivity index (χ1n) is 6.54. The summed E-state index contributed by atoms with van der Waals surface area (Å²) < 4.78 is 5.70. The van der Waals surface area contributed by atoms with E-state index in [1.165, 1.54) is 6.07 Å². The molecule has 19 heavy (non-hydrogen) atoms. The van der Waals surface area contributed by atoms with Gasteiger partial charge in [-0.3, -0.25) is 10.1 Å². The molecule has 0 bridgehead atoms. The third-order valence-corrected chi connectivity index (χ3v) is 3.44. The van der Waals surface area contributed by atoms with Crippen LogP contribution in [-0.4, -0.2) is 29.2 Å². The van der Waals surface area contributed by atoms with Crippen LogP contribution in [0.25, 0.3) is 0 Å². The van der Waals surface area contributed by atoms with Crippen molar-refractivity contribution in [1.82, 2.24) is 4.98 Å². The van der Waals surface area contributed by atoms with Crippen molar-refractivity contribution in [3.05, 3.63) is 28.4 Å². The van der Waals surface area contributed by atoms with Crippen LogP contribution in [-0.2, 0) is 4.74 Å². The second-order valence-corrected chi connectivity index (χ2v) is 5.14. The van der Waals surface area contributed by atoms with Gasteiger partial charge in [0.2, 0.25) is 5.82 Å². The van der Waals surface area contributed by atoms with Gasteiger partial charge in [0.15, 0.2) is 0 Å². The normalized spacial score (nSPS) is 22.7. The summed E-state index contributed by atoms with van der Waals surface area (Å²) in [4.78, 5) is 14.5. The van der Waals surface area contributed by atoms with Crippen molar-refractivity contribution in [2.45, 2.75) is 26.4 Å². The molecule has 2 atom stereocenters. The van der Waals surface area contributed by atoms with Crippen molar-refractivity contribution >= 4 is 11.5 Å². The molecule has 104 valence electrons. The molecule has 1 aliphatic heterocycles. The van der Waals surface area contributed by atoms with E-state index < -0.39 is 4.92 Å². The molecule has 6 nitrogen and oxygen atoms in total. The van der Waals surface area contributed by atoms with Crippen LogP contribution in [0.1, 0.15) is 20.3 Å². The summed E-state index contributed by atoms with van der Waals surface area (Å²) in [6.07, 6.45) is 2.76. The Balaban J connectivity index is 2.01. The monoisotopic (exact) mass is 265 g/mol. The lowest BCUT2D eigenvalue weighted by molar-refractivity contribution is -0.384. The highest BCUT2D eigenvalue weighted by molar-refractivity contribution is 5.55. The molecule has 1 N–H and O–H groups in total. The summed E-state index contributed by atoms with van der Waals surface area (Å²) in [6.45, 7) is 5.68. The summed E-state index contributed by atoms with van der Waals surface area (Å²) in [5.74, 6) is 1.16. The minimum atomic E-state index is -0.416. The fourth-order valence-electron chi connectivity index (χ4n) is 2.52.